The van der Waals surface area contributed by atoms with Crippen LogP contribution in [0, 0.1) is 0 Å². The van der Waals surface area contributed by atoms with Crippen LogP contribution in [0.3, 0.4) is 0 Å². The third kappa shape index (κ3) is 6.60. The Balaban J connectivity index is 1.49. The zero-order valence-electron chi connectivity index (χ0n) is 16.6. The molecule has 0 spiro atoms. The fourth-order valence-electron chi connectivity index (χ4n) is 2.70. The number of benzene rings is 2. The van der Waals surface area contributed by atoms with Gasteiger partial charge in [0.15, 0.2) is 0 Å². The molecule has 6 heteroatoms. The first-order chi connectivity index (χ1) is 14.2. The minimum absolute atomic E-state index is 0.194. The van der Waals surface area contributed by atoms with Crippen LogP contribution in [0.4, 0.5) is 11.5 Å². The molecule has 0 bridgehead atoms. The summed E-state index contributed by atoms with van der Waals surface area (Å²) in [5.74, 6) is 1.17. The highest BCUT2D eigenvalue weighted by atomic mass is 16.5. The van der Waals surface area contributed by atoms with E-state index < -0.39 is 0 Å². The summed E-state index contributed by atoms with van der Waals surface area (Å²) in [5.41, 5.74) is 2.30. The van der Waals surface area contributed by atoms with Crippen molar-refractivity contribution in [2.24, 2.45) is 0 Å². The molecule has 2 aromatic carbocycles. The fourth-order valence-corrected chi connectivity index (χ4v) is 2.70. The maximum Gasteiger partial charge on any atom is 0.271 e. The first-order valence-electron chi connectivity index (χ1n) is 9.88. The quantitative estimate of drug-likeness (QED) is 0.490. The number of carbonyl (C=O) groups excluding carboxylic acids is 1. The molecule has 150 valence electrons. The number of rotatable bonds is 10. The molecule has 6 nitrogen and oxygen atoms in total. The van der Waals surface area contributed by atoms with E-state index >= 15 is 0 Å². The molecule has 3 aromatic rings. The Hall–Kier alpha value is -3.41. The lowest BCUT2D eigenvalue weighted by atomic mass is 10.2. The van der Waals surface area contributed by atoms with Gasteiger partial charge in [0.2, 0.25) is 0 Å². The zero-order chi connectivity index (χ0) is 20.3. The van der Waals surface area contributed by atoms with Crippen LogP contribution < -0.4 is 15.4 Å². The summed E-state index contributed by atoms with van der Waals surface area (Å²) in [6, 6.07) is 17.7. The Kier molecular flexibility index (Phi) is 7.57. The minimum Gasteiger partial charge on any atom is -0.489 e. The van der Waals surface area contributed by atoms with Crippen molar-refractivity contribution in [1.29, 1.82) is 0 Å². The van der Waals surface area contributed by atoms with Crippen LogP contribution in [0.1, 0.15) is 42.2 Å². The molecule has 0 aliphatic carbocycles. The van der Waals surface area contributed by atoms with Crippen LogP contribution in [-0.2, 0) is 6.61 Å². The van der Waals surface area contributed by atoms with E-state index in [0.717, 1.165) is 36.3 Å². The van der Waals surface area contributed by atoms with E-state index in [2.05, 4.69) is 27.5 Å². The number of nitrogens with one attached hydrogen (secondary N) is 2. The summed E-state index contributed by atoms with van der Waals surface area (Å²) in [5, 5.41) is 6.03. The van der Waals surface area contributed by atoms with Crippen molar-refractivity contribution in [2.75, 3.05) is 11.9 Å². The summed E-state index contributed by atoms with van der Waals surface area (Å²) < 4.78 is 5.79. The van der Waals surface area contributed by atoms with Gasteiger partial charge in [0.25, 0.3) is 5.91 Å². The second-order valence-corrected chi connectivity index (χ2v) is 6.67. The standard InChI is InChI=1S/C23H26N4O2/c1-2-3-7-14-24-23(28)21-15-26-22(16-25-21)27-19-10-12-20(13-11-19)29-17-18-8-5-4-6-9-18/h4-6,8-13,15-16H,2-3,7,14,17H2,1H3,(H,24,28)(H,26,27). The Morgan fingerprint density at radius 1 is 0.966 bits per heavy atom. The van der Waals surface area contributed by atoms with Crippen LogP contribution in [0.15, 0.2) is 67.0 Å². The molecule has 1 aromatic heterocycles. The largest absolute Gasteiger partial charge is 0.489 e. The minimum atomic E-state index is -0.194. The molecule has 0 aliphatic heterocycles. The molecule has 0 saturated carbocycles. The van der Waals surface area contributed by atoms with Crippen molar-refractivity contribution < 1.29 is 9.53 Å². The molecule has 2 N–H and O–H groups in total. The average molecular weight is 390 g/mol. The Bertz CT molecular complexity index is 881. The van der Waals surface area contributed by atoms with Gasteiger partial charge in [-0.2, -0.15) is 0 Å². The maximum atomic E-state index is 12.0. The van der Waals surface area contributed by atoms with Gasteiger partial charge in [0.05, 0.1) is 12.4 Å². The molecule has 0 fully saturated rings. The van der Waals surface area contributed by atoms with E-state index in [1.54, 1.807) is 6.20 Å². The normalized spacial score (nSPS) is 10.4. The van der Waals surface area contributed by atoms with Gasteiger partial charge in [-0.3, -0.25) is 4.79 Å². The number of hydrogen-bond donors (Lipinski definition) is 2. The topological polar surface area (TPSA) is 76.1 Å². The second-order valence-electron chi connectivity index (χ2n) is 6.67. The van der Waals surface area contributed by atoms with E-state index in [0.29, 0.717) is 24.7 Å². The van der Waals surface area contributed by atoms with Crippen LogP contribution >= 0.6 is 0 Å². The van der Waals surface area contributed by atoms with E-state index in [4.69, 9.17) is 4.74 Å². The molecule has 1 amide bonds. The summed E-state index contributed by atoms with van der Waals surface area (Å²) >= 11 is 0. The van der Waals surface area contributed by atoms with Crippen LogP contribution in [0.5, 0.6) is 5.75 Å². The van der Waals surface area contributed by atoms with Crippen molar-refractivity contribution in [3.8, 4) is 5.75 Å². The predicted molar refractivity (Wildman–Crippen MR) is 114 cm³/mol. The number of ether oxygens (including phenoxy) is 1. The van der Waals surface area contributed by atoms with Crippen molar-refractivity contribution in [1.82, 2.24) is 15.3 Å². The van der Waals surface area contributed by atoms with Crippen molar-refractivity contribution in [3.05, 3.63) is 78.2 Å². The second kappa shape index (κ2) is 10.8. The van der Waals surface area contributed by atoms with Gasteiger partial charge in [-0.05, 0) is 36.2 Å². The number of amides is 1. The summed E-state index contributed by atoms with van der Waals surface area (Å²) in [6.07, 6.45) is 6.23. The van der Waals surface area contributed by atoms with Crippen LogP contribution in [0.25, 0.3) is 0 Å². The maximum absolute atomic E-state index is 12.0. The van der Waals surface area contributed by atoms with Crippen LogP contribution in [0.2, 0.25) is 0 Å². The number of nitrogens with zero attached hydrogens (tertiary/aromatic N) is 2. The molecule has 1 heterocycles. The Morgan fingerprint density at radius 2 is 1.76 bits per heavy atom. The third-order valence-electron chi connectivity index (χ3n) is 4.33. The lowest BCUT2D eigenvalue weighted by Gasteiger charge is -2.09. The number of anilines is 2. The molecular weight excluding hydrogens is 364 g/mol. The lowest BCUT2D eigenvalue weighted by Crippen LogP contribution is -2.25. The molecule has 3 rings (SSSR count). The molecule has 0 radical (unpaired) electrons. The van der Waals surface area contributed by atoms with Gasteiger partial charge in [0, 0.05) is 12.2 Å². The fraction of sp³-hybridized carbons (Fsp3) is 0.261. The number of carbonyl (C=O) groups is 1. The first-order valence-corrected chi connectivity index (χ1v) is 9.88. The monoisotopic (exact) mass is 390 g/mol. The van der Waals surface area contributed by atoms with E-state index in [1.165, 1.54) is 6.20 Å². The molecule has 0 aliphatic rings. The van der Waals surface area contributed by atoms with E-state index in [9.17, 15) is 4.79 Å². The van der Waals surface area contributed by atoms with E-state index in [-0.39, 0.29) is 5.91 Å². The average Bonchev–Trinajstić information content (AvgIpc) is 2.77. The van der Waals surface area contributed by atoms with Crippen molar-refractivity contribution in [3.63, 3.8) is 0 Å². The van der Waals surface area contributed by atoms with Gasteiger partial charge in [-0.25, -0.2) is 9.97 Å². The van der Waals surface area contributed by atoms with Gasteiger partial charge < -0.3 is 15.4 Å². The molecule has 0 unspecified atom stereocenters. The van der Waals surface area contributed by atoms with Crippen molar-refractivity contribution >= 4 is 17.4 Å². The molecular formula is C23H26N4O2. The number of hydrogen-bond acceptors (Lipinski definition) is 5. The van der Waals surface area contributed by atoms with Gasteiger partial charge in [-0.15, -0.1) is 0 Å². The third-order valence-corrected chi connectivity index (χ3v) is 4.33. The highest BCUT2D eigenvalue weighted by Gasteiger charge is 2.07. The molecule has 0 saturated heterocycles. The summed E-state index contributed by atoms with van der Waals surface area (Å²) in [6.45, 7) is 3.32. The van der Waals surface area contributed by atoms with Gasteiger partial charge >= 0.3 is 0 Å². The predicted octanol–water partition coefficient (Wildman–Crippen LogP) is 4.72. The zero-order valence-corrected chi connectivity index (χ0v) is 16.6. The highest BCUT2D eigenvalue weighted by Crippen LogP contribution is 2.19. The Morgan fingerprint density at radius 3 is 2.45 bits per heavy atom. The summed E-state index contributed by atoms with van der Waals surface area (Å²) in [4.78, 5) is 20.5. The Labute approximate surface area is 171 Å². The first kappa shape index (κ1) is 20.3. The molecule has 29 heavy (non-hydrogen) atoms. The number of aromatic nitrogens is 2. The van der Waals surface area contributed by atoms with Gasteiger partial charge in [0.1, 0.15) is 23.9 Å². The van der Waals surface area contributed by atoms with Gasteiger partial charge in [-0.1, -0.05) is 50.1 Å². The smallest absolute Gasteiger partial charge is 0.271 e. The summed E-state index contributed by atoms with van der Waals surface area (Å²) in [7, 11) is 0. The highest BCUT2D eigenvalue weighted by molar-refractivity contribution is 5.92. The number of unbranched alkanes of at least 4 members (excludes halogenated alkanes) is 2. The van der Waals surface area contributed by atoms with Crippen LogP contribution in [-0.4, -0.2) is 22.4 Å². The van der Waals surface area contributed by atoms with Crippen molar-refractivity contribution in [2.45, 2.75) is 32.8 Å². The lowest BCUT2D eigenvalue weighted by molar-refractivity contribution is 0.0947. The SMILES string of the molecule is CCCCCNC(=O)c1cnc(Nc2ccc(OCc3ccccc3)cc2)cn1. The van der Waals surface area contributed by atoms with E-state index in [1.807, 2.05) is 54.6 Å². The molecule has 0 atom stereocenters.